The first kappa shape index (κ1) is 19.1. The summed E-state index contributed by atoms with van der Waals surface area (Å²) in [5, 5.41) is 3.23. The molecular weight excluding hydrogens is 384 g/mol. The van der Waals surface area contributed by atoms with E-state index in [9.17, 15) is 9.59 Å². The normalized spacial score (nSPS) is 15.8. The molecule has 0 saturated carbocycles. The van der Waals surface area contributed by atoms with E-state index in [0.29, 0.717) is 21.4 Å². The molecule has 0 aliphatic carbocycles. The second kappa shape index (κ2) is 8.79. The number of imide groups is 1. The molecule has 1 fully saturated rings. The van der Waals surface area contributed by atoms with Gasteiger partial charge in [-0.05, 0) is 41.6 Å². The van der Waals surface area contributed by atoms with Gasteiger partial charge in [0.05, 0.1) is 24.4 Å². The van der Waals surface area contributed by atoms with Crippen molar-refractivity contribution in [1.29, 1.82) is 0 Å². The molecule has 2 amide bonds. The molecular formula is C20H17ClN2O3S. The van der Waals surface area contributed by atoms with Crippen LogP contribution in [0.4, 0.5) is 10.5 Å². The third-order valence-electron chi connectivity index (χ3n) is 3.80. The number of halogens is 1. The Hall–Kier alpha value is -2.70. The molecule has 138 valence electrons. The van der Waals surface area contributed by atoms with Gasteiger partial charge in [-0.2, -0.15) is 0 Å². The zero-order valence-electron chi connectivity index (χ0n) is 14.5. The number of thioether (sulfide) groups is 1. The first-order valence-electron chi connectivity index (χ1n) is 8.13. The third kappa shape index (κ3) is 4.72. The lowest BCUT2D eigenvalue weighted by atomic mass is 10.2. The number of hydrogen-bond acceptors (Lipinski definition) is 5. The van der Waals surface area contributed by atoms with Gasteiger partial charge >= 0.3 is 0 Å². The van der Waals surface area contributed by atoms with Crippen LogP contribution in [0.2, 0.25) is 5.02 Å². The van der Waals surface area contributed by atoms with Gasteiger partial charge in [-0.15, -0.1) is 0 Å². The molecule has 1 saturated heterocycles. The van der Waals surface area contributed by atoms with E-state index in [4.69, 9.17) is 16.3 Å². The summed E-state index contributed by atoms with van der Waals surface area (Å²) in [7, 11) is 1.54. The Bertz CT molecular complexity index is 913. The van der Waals surface area contributed by atoms with E-state index >= 15 is 0 Å². The third-order valence-corrected chi connectivity index (χ3v) is 4.96. The van der Waals surface area contributed by atoms with Crippen LogP contribution >= 0.6 is 23.4 Å². The summed E-state index contributed by atoms with van der Waals surface area (Å²) < 4.78 is 5.25. The molecule has 1 heterocycles. The van der Waals surface area contributed by atoms with Crippen LogP contribution < -0.4 is 10.1 Å². The van der Waals surface area contributed by atoms with Gasteiger partial charge in [0.15, 0.2) is 0 Å². The Morgan fingerprint density at radius 3 is 2.70 bits per heavy atom. The molecule has 3 rings (SSSR count). The monoisotopic (exact) mass is 400 g/mol. The van der Waals surface area contributed by atoms with E-state index in [1.54, 1.807) is 30.4 Å². The fraction of sp³-hybridized carbons (Fsp3) is 0.100. The first-order chi connectivity index (χ1) is 13.1. The zero-order valence-corrected chi connectivity index (χ0v) is 16.1. The molecule has 1 aliphatic heterocycles. The average molecular weight is 401 g/mol. The number of nitrogens with zero attached hydrogens (tertiary/aromatic N) is 1. The fourth-order valence-corrected chi connectivity index (χ4v) is 3.41. The van der Waals surface area contributed by atoms with Crippen LogP contribution in [0.3, 0.4) is 0 Å². The Kier molecular flexibility index (Phi) is 6.21. The minimum atomic E-state index is -0.337. The molecule has 27 heavy (non-hydrogen) atoms. The number of carbonyl (C=O) groups excluding carboxylic acids is 2. The summed E-state index contributed by atoms with van der Waals surface area (Å²) in [4.78, 5) is 26.2. The molecule has 5 nitrogen and oxygen atoms in total. The predicted octanol–water partition coefficient (Wildman–Crippen LogP) is 5.01. The van der Waals surface area contributed by atoms with Gasteiger partial charge in [0, 0.05) is 5.02 Å². The number of allylic oxidation sites excluding steroid dienone is 2. The minimum Gasteiger partial charge on any atom is -0.495 e. The molecule has 7 heteroatoms. The number of amides is 2. The number of methoxy groups -OCH3 is 1. The number of nitrogens with one attached hydrogen (secondary N) is 1. The Morgan fingerprint density at radius 1 is 1.19 bits per heavy atom. The van der Waals surface area contributed by atoms with Gasteiger partial charge in [-0.25, -0.2) is 0 Å². The summed E-state index contributed by atoms with van der Waals surface area (Å²) >= 11 is 6.91. The molecule has 0 atom stereocenters. The molecule has 0 spiro atoms. The van der Waals surface area contributed by atoms with Crippen molar-refractivity contribution in [1.82, 2.24) is 4.90 Å². The number of anilines is 1. The summed E-state index contributed by atoms with van der Waals surface area (Å²) in [6.07, 6.45) is 5.29. The highest BCUT2D eigenvalue weighted by molar-refractivity contribution is 8.18. The Balaban J connectivity index is 1.67. The van der Waals surface area contributed by atoms with Crippen molar-refractivity contribution in [2.75, 3.05) is 19.1 Å². The van der Waals surface area contributed by atoms with Crippen molar-refractivity contribution in [2.24, 2.45) is 0 Å². The minimum absolute atomic E-state index is 0.0289. The lowest BCUT2D eigenvalue weighted by Crippen LogP contribution is -2.33. The van der Waals surface area contributed by atoms with Crippen molar-refractivity contribution in [3.63, 3.8) is 0 Å². The number of carbonyl (C=O) groups is 2. The second-order valence-electron chi connectivity index (χ2n) is 5.58. The average Bonchev–Trinajstić information content (AvgIpc) is 2.94. The quantitative estimate of drug-likeness (QED) is 0.690. The number of hydrogen-bond donors (Lipinski definition) is 1. The molecule has 2 aromatic carbocycles. The molecule has 0 unspecified atom stereocenters. The predicted molar refractivity (Wildman–Crippen MR) is 110 cm³/mol. The van der Waals surface area contributed by atoms with Crippen LogP contribution in [0.25, 0.3) is 6.08 Å². The number of ether oxygens (including phenoxy) is 1. The van der Waals surface area contributed by atoms with E-state index in [0.717, 1.165) is 22.2 Å². The van der Waals surface area contributed by atoms with E-state index in [1.165, 1.54) is 7.11 Å². The van der Waals surface area contributed by atoms with Gasteiger partial charge in [-0.1, -0.05) is 54.1 Å². The maximum atomic E-state index is 12.5. The summed E-state index contributed by atoms with van der Waals surface area (Å²) in [6.45, 7) is 0.0289. The topological polar surface area (TPSA) is 58.6 Å². The second-order valence-corrected chi connectivity index (χ2v) is 7.01. The van der Waals surface area contributed by atoms with Gasteiger partial charge in [-0.3, -0.25) is 14.5 Å². The van der Waals surface area contributed by atoms with Gasteiger partial charge in [0.1, 0.15) is 5.75 Å². The lowest BCUT2D eigenvalue weighted by Gasteiger charge is -2.16. The van der Waals surface area contributed by atoms with Gasteiger partial charge < -0.3 is 10.1 Å². The smallest absolute Gasteiger partial charge is 0.295 e. The summed E-state index contributed by atoms with van der Waals surface area (Å²) in [5.41, 5.74) is 1.62. The van der Waals surface area contributed by atoms with Crippen molar-refractivity contribution >= 4 is 46.3 Å². The largest absolute Gasteiger partial charge is 0.495 e. The van der Waals surface area contributed by atoms with Crippen molar-refractivity contribution in [3.05, 3.63) is 76.2 Å². The van der Waals surface area contributed by atoms with E-state index < -0.39 is 0 Å². The highest BCUT2D eigenvalue weighted by atomic mass is 35.5. The maximum Gasteiger partial charge on any atom is 0.295 e. The van der Waals surface area contributed by atoms with Crippen LogP contribution in [-0.2, 0) is 4.79 Å². The van der Waals surface area contributed by atoms with Gasteiger partial charge in [0.2, 0.25) is 0 Å². The Morgan fingerprint density at radius 2 is 1.96 bits per heavy atom. The standard InChI is InChI=1S/C20H17ClN2O3S/c1-26-17-11-10-15(21)12-16(17)22-13-23-19(24)18(27-20(23)25)9-5-8-14-6-3-2-4-7-14/h2-12,22H,13H2,1H3/b8-5+,18-9-. The molecule has 0 aromatic heterocycles. The van der Waals surface area contributed by atoms with E-state index in [-0.39, 0.29) is 17.8 Å². The molecule has 1 N–H and O–H groups in total. The molecule has 1 aliphatic rings. The van der Waals surface area contributed by atoms with Crippen molar-refractivity contribution < 1.29 is 14.3 Å². The Labute approximate surface area is 166 Å². The van der Waals surface area contributed by atoms with Gasteiger partial charge in [0.25, 0.3) is 11.1 Å². The number of benzene rings is 2. The zero-order chi connectivity index (χ0) is 19.2. The van der Waals surface area contributed by atoms with Crippen molar-refractivity contribution in [2.45, 2.75) is 0 Å². The van der Waals surface area contributed by atoms with Crippen LogP contribution in [0, 0.1) is 0 Å². The SMILES string of the molecule is COc1ccc(Cl)cc1NCN1C(=O)S/C(=C\C=C\c2ccccc2)C1=O. The highest BCUT2D eigenvalue weighted by Gasteiger charge is 2.34. The summed E-state index contributed by atoms with van der Waals surface area (Å²) in [6, 6.07) is 14.8. The molecule has 0 bridgehead atoms. The fourth-order valence-electron chi connectivity index (χ4n) is 2.44. The van der Waals surface area contributed by atoms with Crippen molar-refractivity contribution in [3.8, 4) is 5.75 Å². The van der Waals surface area contributed by atoms with E-state index in [1.807, 2.05) is 36.4 Å². The molecule has 2 aromatic rings. The summed E-state index contributed by atoms with van der Waals surface area (Å²) in [5.74, 6) is 0.240. The lowest BCUT2D eigenvalue weighted by molar-refractivity contribution is -0.122. The molecule has 0 radical (unpaired) electrons. The van der Waals surface area contributed by atoms with Crippen LogP contribution in [0.1, 0.15) is 5.56 Å². The van der Waals surface area contributed by atoms with Crippen LogP contribution in [-0.4, -0.2) is 29.8 Å². The highest BCUT2D eigenvalue weighted by Crippen LogP contribution is 2.32. The number of rotatable bonds is 6. The maximum absolute atomic E-state index is 12.5. The van der Waals surface area contributed by atoms with Crippen LogP contribution in [0.5, 0.6) is 5.75 Å². The van der Waals surface area contributed by atoms with E-state index in [2.05, 4.69) is 5.32 Å². The van der Waals surface area contributed by atoms with Crippen LogP contribution in [0.15, 0.2) is 65.6 Å². The first-order valence-corrected chi connectivity index (χ1v) is 9.32.